The lowest BCUT2D eigenvalue weighted by atomic mass is 9.89. The lowest BCUT2D eigenvalue weighted by molar-refractivity contribution is 0.685. The van der Waals surface area contributed by atoms with Gasteiger partial charge in [0.15, 0.2) is 0 Å². The molecule has 0 bridgehead atoms. The number of aromatic nitrogens is 2. The molecule has 0 amide bonds. The van der Waals surface area contributed by atoms with E-state index in [1.807, 2.05) is 0 Å². The van der Waals surface area contributed by atoms with Crippen LogP contribution in [-0.2, 0) is 26.4 Å². The second kappa shape index (κ2) is 4.70. The summed E-state index contributed by atoms with van der Waals surface area (Å²) in [5.41, 5.74) is 11.1. The normalized spacial score (nSPS) is 14.4. The minimum atomic E-state index is -0.0322. The van der Waals surface area contributed by atoms with E-state index in [0.717, 1.165) is 17.7 Å². The summed E-state index contributed by atoms with van der Waals surface area (Å²) >= 11 is 0. The molecular weight excluding hydrogens is 238 g/mol. The average molecular weight is 257 g/mol. The van der Waals surface area contributed by atoms with Crippen molar-refractivity contribution in [3.05, 3.63) is 45.2 Å². The summed E-state index contributed by atoms with van der Waals surface area (Å²) in [6.07, 6.45) is 4.84. The van der Waals surface area contributed by atoms with Gasteiger partial charge in [0.05, 0.1) is 11.3 Å². The number of nitrogens with two attached hydrogens (primary N) is 1. The number of H-pyrrole nitrogens is 1. The molecule has 1 aromatic carbocycles. The van der Waals surface area contributed by atoms with Crippen molar-refractivity contribution >= 4 is 0 Å². The summed E-state index contributed by atoms with van der Waals surface area (Å²) < 4.78 is 1.50. The van der Waals surface area contributed by atoms with Crippen LogP contribution in [0.5, 0.6) is 0 Å². The molecule has 3 rings (SSSR count). The van der Waals surface area contributed by atoms with Gasteiger partial charge in [0.2, 0.25) is 0 Å². The van der Waals surface area contributed by atoms with Crippen molar-refractivity contribution in [2.75, 3.05) is 0 Å². The fourth-order valence-corrected chi connectivity index (χ4v) is 2.91. The highest BCUT2D eigenvalue weighted by molar-refractivity contribution is 5.64. The zero-order valence-electron chi connectivity index (χ0n) is 11.2. The maximum atomic E-state index is 11.9. The fourth-order valence-electron chi connectivity index (χ4n) is 2.91. The molecule has 0 atom stereocenters. The van der Waals surface area contributed by atoms with Gasteiger partial charge in [-0.3, -0.25) is 14.6 Å². The summed E-state index contributed by atoms with van der Waals surface area (Å²) in [7, 11) is 1.73. The minimum Gasteiger partial charge on any atom is -0.326 e. The van der Waals surface area contributed by atoms with Crippen molar-refractivity contribution in [3.63, 3.8) is 0 Å². The van der Waals surface area contributed by atoms with Gasteiger partial charge in [0.1, 0.15) is 0 Å². The van der Waals surface area contributed by atoms with E-state index in [-0.39, 0.29) is 12.1 Å². The summed E-state index contributed by atoms with van der Waals surface area (Å²) in [5, 5.41) is 3.11. The van der Waals surface area contributed by atoms with Crippen LogP contribution in [0.4, 0.5) is 0 Å². The summed E-state index contributed by atoms with van der Waals surface area (Å²) in [6, 6.07) is 6.49. The Hall–Kier alpha value is -1.81. The predicted molar refractivity (Wildman–Crippen MR) is 76.0 cm³/mol. The Bertz CT molecular complexity index is 667. The average Bonchev–Trinajstić information content (AvgIpc) is 2.74. The number of rotatable bonds is 2. The quantitative estimate of drug-likeness (QED) is 0.860. The molecule has 4 nitrogen and oxygen atoms in total. The van der Waals surface area contributed by atoms with Gasteiger partial charge in [0, 0.05) is 19.2 Å². The highest BCUT2D eigenvalue weighted by Crippen LogP contribution is 2.27. The lowest BCUT2D eigenvalue weighted by Crippen LogP contribution is -2.17. The van der Waals surface area contributed by atoms with Gasteiger partial charge in [0.25, 0.3) is 5.56 Å². The van der Waals surface area contributed by atoms with Gasteiger partial charge >= 0.3 is 0 Å². The molecule has 0 unspecified atom stereocenters. The highest BCUT2D eigenvalue weighted by atomic mass is 16.1. The molecule has 1 heterocycles. The van der Waals surface area contributed by atoms with Crippen molar-refractivity contribution < 1.29 is 0 Å². The van der Waals surface area contributed by atoms with Crippen LogP contribution in [-0.4, -0.2) is 9.78 Å². The van der Waals surface area contributed by atoms with Gasteiger partial charge in [-0.25, -0.2) is 0 Å². The van der Waals surface area contributed by atoms with Crippen molar-refractivity contribution in [1.82, 2.24) is 9.78 Å². The molecule has 0 fully saturated rings. The Labute approximate surface area is 112 Å². The number of aryl methyl sites for hydroxylation is 3. The van der Waals surface area contributed by atoms with Crippen LogP contribution in [0, 0.1) is 0 Å². The first kappa shape index (κ1) is 12.2. The number of nitrogens with one attached hydrogen (secondary N) is 1. The predicted octanol–water partition coefficient (Wildman–Crippen LogP) is 1.72. The molecule has 0 radical (unpaired) electrons. The largest absolute Gasteiger partial charge is 0.326 e. The third kappa shape index (κ3) is 2.02. The molecule has 0 aliphatic heterocycles. The van der Waals surface area contributed by atoms with E-state index >= 15 is 0 Å². The van der Waals surface area contributed by atoms with E-state index in [1.165, 1.54) is 35.1 Å². The number of aromatic amines is 1. The zero-order chi connectivity index (χ0) is 13.4. The SMILES string of the molecule is Cn1[nH]c(-c2ccc3c(c2)CCCC3)c(CN)c1=O. The molecule has 3 N–H and O–H groups in total. The monoisotopic (exact) mass is 257 g/mol. The van der Waals surface area contributed by atoms with Gasteiger partial charge < -0.3 is 5.73 Å². The van der Waals surface area contributed by atoms with Gasteiger partial charge in [-0.1, -0.05) is 12.1 Å². The fraction of sp³-hybridized carbons (Fsp3) is 0.400. The van der Waals surface area contributed by atoms with E-state index in [0.29, 0.717) is 5.56 Å². The van der Waals surface area contributed by atoms with Crippen LogP contribution in [0.15, 0.2) is 23.0 Å². The van der Waals surface area contributed by atoms with Gasteiger partial charge in [-0.05, 0) is 42.9 Å². The van der Waals surface area contributed by atoms with Crippen molar-refractivity contribution in [1.29, 1.82) is 0 Å². The number of hydrogen-bond acceptors (Lipinski definition) is 2. The van der Waals surface area contributed by atoms with Crippen LogP contribution in [0.1, 0.15) is 29.5 Å². The van der Waals surface area contributed by atoms with Crippen LogP contribution in [0.3, 0.4) is 0 Å². The molecule has 1 aliphatic carbocycles. The Morgan fingerprint density at radius 3 is 2.74 bits per heavy atom. The maximum Gasteiger partial charge on any atom is 0.271 e. The molecule has 1 aliphatic rings. The Balaban J connectivity index is 2.12. The Kier molecular flexibility index (Phi) is 3.03. The van der Waals surface area contributed by atoms with Crippen molar-refractivity contribution in [3.8, 4) is 11.3 Å². The van der Waals surface area contributed by atoms with Gasteiger partial charge in [-0.15, -0.1) is 0 Å². The third-order valence-corrected chi connectivity index (χ3v) is 3.99. The first-order chi connectivity index (χ1) is 9.20. The molecule has 19 heavy (non-hydrogen) atoms. The smallest absolute Gasteiger partial charge is 0.271 e. The second-order valence-electron chi connectivity index (χ2n) is 5.22. The van der Waals surface area contributed by atoms with Crippen LogP contribution >= 0.6 is 0 Å². The molecule has 0 saturated carbocycles. The summed E-state index contributed by atoms with van der Waals surface area (Å²) in [4.78, 5) is 11.9. The summed E-state index contributed by atoms with van der Waals surface area (Å²) in [6.45, 7) is 0.266. The van der Waals surface area contributed by atoms with E-state index in [9.17, 15) is 4.79 Å². The minimum absolute atomic E-state index is 0.0322. The molecule has 0 spiro atoms. The van der Waals surface area contributed by atoms with Gasteiger partial charge in [-0.2, -0.15) is 0 Å². The number of benzene rings is 1. The molecular formula is C15H19N3O. The zero-order valence-corrected chi connectivity index (χ0v) is 11.2. The first-order valence-corrected chi connectivity index (χ1v) is 6.81. The van der Waals surface area contributed by atoms with E-state index in [1.54, 1.807) is 7.05 Å². The molecule has 100 valence electrons. The summed E-state index contributed by atoms with van der Waals surface area (Å²) in [5.74, 6) is 0. The molecule has 0 saturated heterocycles. The number of fused-ring (bicyclic) bond motifs is 1. The van der Waals surface area contributed by atoms with Crippen LogP contribution in [0.25, 0.3) is 11.3 Å². The highest BCUT2D eigenvalue weighted by Gasteiger charge is 2.15. The molecule has 2 aromatic rings. The number of hydrogen-bond donors (Lipinski definition) is 2. The topological polar surface area (TPSA) is 63.8 Å². The standard InChI is InChI=1S/C15H19N3O/c1-18-15(19)13(9-16)14(17-18)12-7-6-10-4-2-3-5-11(10)8-12/h6-8,17H,2-5,9,16H2,1H3. The molecule has 4 heteroatoms. The lowest BCUT2D eigenvalue weighted by Gasteiger charge is -2.16. The second-order valence-corrected chi connectivity index (χ2v) is 5.22. The van der Waals surface area contributed by atoms with Crippen LogP contribution < -0.4 is 11.3 Å². The Morgan fingerprint density at radius 1 is 1.26 bits per heavy atom. The van der Waals surface area contributed by atoms with E-state index in [4.69, 9.17) is 5.73 Å². The Morgan fingerprint density at radius 2 is 2.00 bits per heavy atom. The van der Waals surface area contributed by atoms with E-state index < -0.39 is 0 Å². The third-order valence-electron chi connectivity index (χ3n) is 3.99. The maximum absolute atomic E-state index is 11.9. The first-order valence-electron chi connectivity index (χ1n) is 6.81. The van der Waals surface area contributed by atoms with Crippen LogP contribution in [0.2, 0.25) is 0 Å². The number of nitrogens with zero attached hydrogens (tertiary/aromatic N) is 1. The molecule has 1 aromatic heterocycles. The van der Waals surface area contributed by atoms with Crippen molar-refractivity contribution in [2.24, 2.45) is 12.8 Å². The van der Waals surface area contributed by atoms with E-state index in [2.05, 4.69) is 23.3 Å². The van der Waals surface area contributed by atoms with Crippen molar-refractivity contribution in [2.45, 2.75) is 32.2 Å².